The Morgan fingerprint density at radius 2 is 1.45 bits per heavy atom. The Hall–Kier alpha value is -3.39. The summed E-state index contributed by atoms with van der Waals surface area (Å²) < 4.78 is 37.4. The number of benzene rings is 2. The fourth-order valence-corrected chi connectivity index (χ4v) is 6.78. The molecule has 0 aromatic heterocycles. The number of nitrogens with zero attached hydrogens (tertiary/aromatic N) is 1. The van der Waals surface area contributed by atoms with E-state index in [1.807, 2.05) is 6.92 Å². The number of carbonyl (C=O) groups is 2. The van der Waals surface area contributed by atoms with E-state index in [2.05, 4.69) is 11.8 Å². The van der Waals surface area contributed by atoms with Crippen LogP contribution in [0.15, 0.2) is 69.9 Å². The van der Waals surface area contributed by atoms with Crippen LogP contribution in [0.2, 0.25) is 0 Å². The maximum absolute atomic E-state index is 13.3. The molecule has 8 heteroatoms. The SMILES string of the molecule is CCOc1cc(C2C3=C(CCCC3=O)N(CC)C3=C2C(=O)CCC3)ccc1OS(=O)(=O)c1ccc(C)cc1. The Bertz CT molecular complexity index is 1410. The fourth-order valence-electron chi connectivity index (χ4n) is 5.84. The third-order valence-electron chi connectivity index (χ3n) is 7.51. The van der Waals surface area contributed by atoms with Gasteiger partial charge in [0.05, 0.1) is 6.61 Å². The zero-order valence-corrected chi connectivity index (χ0v) is 22.9. The zero-order chi connectivity index (χ0) is 27.0. The van der Waals surface area contributed by atoms with Gasteiger partial charge in [-0.3, -0.25) is 9.59 Å². The topological polar surface area (TPSA) is 90.0 Å². The molecule has 0 unspecified atom stereocenters. The molecule has 5 rings (SSSR count). The molecular weight excluding hydrogens is 502 g/mol. The van der Waals surface area contributed by atoms with Gasteiger partial charge in [-0.15, -0.1) is 0 Å². The fraction of sp³-hybridized carbons (Fsp3) is 0.400. The van der Waals surface area contributed by atoms with Gasteiger partial charge in [-0.05, 0) is 76.3 Å². The summed E-state index contributed by atoms with van der Waals surface area (Å²) in [6, 6.07) is 11.5. The van der Waals surface area contributed by atoms with Crippen molar-refractivity contribution in [1.82, 2.24) is 4.90 Å². The summed E-state index contributed by atoms with van der Waals surface area (Å²) in [6.45, 7) is 6.74. The molecule has 0 saturated heterocycles. The highest BCUT2D eigenvalue weighted by Gasteiger charge is 2.43. The van der Waals surface area contributed by atoms with Crippen molar-refractivity contribution in [3.05, 3.63) is 76.1 Å². The number of hydrogen-bond acceptors (Lipinski definition) is 7. The molecule has 0 saturated carbocycles. The summed E-state index contributed by atoms with van der Waals surface area (Å²) >= 11 is 0. The number of ketones is 2. The molecule has 3 aliphatic rings. The molecule has 0 spiro atoms. The third kappa shape index (κ3) is 4.66. The Morgan fingerprint density at radius 1 is 0.842 bits per heavy atom. The minimum absolute atomic E-state index is 0.0479. The first-order valence-corrected chi connectivity index (χ1v) is 14.7. The third-order valence-corrected chi connectivity index (χ3v) is 8.76. The Balaban J connectivity index is 1.61. The molecule has 0 amide bonds. The minimum atomic E-state index is -4.09. The predicted octanol–water partition coefficient (Wildman–Crippen LogP) is 5.59. The summed E-state index contributed by atoms with van der Waals surface area (Å²) in [4.78, 5) is 28.9. The Labute approximate surface area is 224 Å². The minimum Gasteiger partial charge on any atom is -0.490 e. The smallest absolute Gasteiger partial charge is 0.339 e. The number of aryl methyl sites for hydroxylation is 1. The lowest BCUT2D eigenvalue weighted by Gasteiger charge is -2.43. The van der Waals surface area contributed by atoms with Gasteiger partial charge in [0.1, 0.15) is 4.90 Å². The number of allylic oxidation sites excluding steroid dienone is 4. The van der Waals surface area contributed by atoms with Crippen LogP contribution < -0.4 is 8.92 Å². The van der Waals surface area contributed by atoms with Crippen LogP contribution in [0, 0.1) is 6.92 Å². The quantitative estimate of drug-likeness (QED) is 0.427. The highest BCUT2D eigenvalue weighted by molar-refractivity contribution is 7.87. The number of rotatable bonds is 7. The second-order valence-corrected chi connectivity index (χ2v) is 11.5. The second-order valence-electron chi connectivity index (χ2n) is 9.94. The molecule has 38 heavy (non-hydrogen) atoms. The summed E-state index contributed by atoms with van der Waals surface area (Å²) in [5, 5.41) is 0. The van der Waals surface area contributed by atoms with Gasteiger partial charge in [-0.1, -0.05) is 23.8 Å². The molecule has 0 bridgehead atoms. The van der Waals surface area contributed by atoms with Crippen LogP contribution in [0.1, 0.15) is 69.4 Å². The second kappa shape index (κ2) is 10.4. The monoisotopic (exact) mass is 535 g/mol. The molecule has 1 heterocycles. The molecule has 0 fully saturated rings. The van der Waals surface area contributed by atoms with Crippen molar-refractivity contribution in [3.63, 3.8) is 0 Å². The van der Waals surface area contributed by atoms with E-state index < -0.39 is 16.0 Å². The van der Waals surface area contributed by atoms with Crippen molar-refractivity contribution >= 4 is 21.7 Å². The van der Waals surface area contributed by atoms with E-state index in [1.165, 1.54) is 12.1 Å². The maximum Gasteiger partial charge on any atom is 0.339 e. The van der Waals surface area contributed by atoms with Gasteiger partial charge in [-0.25, -0.2) is 0 Å². The van der Waals surface area contributed by atoms with E-state index in [-0.39, 0.29) is 28.0 Å². The van der Waals surface area contributed by atoms with Crippen molar-refractivity contribution in [2.45, 2.75) is 70.1 Å². The number of carbonyl (C=O) groups excluding carboxylic acids is 2. The molecule has 2 aromatic rings. The lowest BCUT2D eigenvalue weighted by atomic mass is 9.71. The van der Waals surface area contributed by atoms with Crippen molar-refractivity contribution < 1.29 is 26.9 Å². The Morgan fingerprint density at radius 3 is 2.00 bits per heavy atom. The maximum atomic E-state index is 13.3. The largest absolute Gasteiger partial charge is 0.490 e. The van der Waals surface area contributed by atoms with Crippen molar-refractivity contribution in [2.75, 3.05) is 13.2 Å². The summed E-state index contributed by atoms with van der Waals surface area (Å²) in [5.41, 5.74) is 5.08. The highest BCUT2D eigenvalue weighted by Crippen LogP contribution is 2.50. The average molecular weight is 536 g/mol. The Kier molecular flexibility index (Phi) is 7.18. The lowest BCUT2D eigenvalue weighted by molar-refractivity contribution is -0.117. The highest BCUT2D eigenvalue weighted by atomic mass is 32.2. The van der Waals surface area contributed by atoms with Gasteiger partial charge in [0, 0.05) is 47.8 Å². The van der Waals surface area contributed by atoms with Crippen LogP contribution in [-0.4, -0.2) is 38.0 Å². The van der Waals surface area contributed by atoms with Crippen LogP contribution in [0.4, 0.5) is 0 Å². The van der Waals surface area contributed by atoms with Crippen molar-refractivity contribution in [2.24, 2.45) is 0 Å². The summed E-state index contributed by atoms with van der Waals surface area (Å²) in [5.74, 6) is -0.0324. The normalized spacial score (nSPS) is 18.4. The van der Waals surface area contributed by atoms with Crippen LogP contribution in [0.3, 0.4) is 0 Å². The predicted molar refractivity (Wildman–Crippen MR) is 143 cm³/mol. The molecule has 2 aliphatic carbocycles. The summed E-state index contributed by atoms with van der Waals surface area (Å²) in [7, 11) is -4.09. The molecule has 0 atom stereocenters. The molecular formula is C30H33NO6S. The molecule has 200 valence electrons. The van der Waals surface area contributed by atoms with Crippen LogP contribution >= 0.6 is 0 Å². The van der Waals surface area contributed by atoms with Crippen molar-refractivity contribution in [1.29, 1.82) is 0 Å². The van der Waals surface area contributed by atoms with E-state index in [1.54, 1.807) is 37.3 Å². The van der Waals surface area contributed by atoms with E-state index >= 15 is 0 Å². The van der Waals surface area contributed by atoms with Crippen molar-refractivity contribution in [3.8, 4) is 11.5 Å². The van der Waals surface area contributed by atoms with Gasteiger partial charge in [0.2, 0.25) is 0 Å². The lowest BCUT2D eigenvalue weighted by Crippen LogP contribution is -2.39. The van der Waals surface area contributed by atoms with E-state index in [9.17, 15) is 18.0 Å². The van der Waals surface area contributed by atoms with Crippen LogP contribution in [-0.2, 0) is 19.7 Å². The molecule has 0 N–H and O–H groups in total. The summed E-state index contributed by atoms with van der Waals surface area (Å²) in [6.07, 6.45) is 4.10. The van der Waals surface area contributed by atoms with Gasteiger partial charge < -0.3 is 13.8 Å². The van der Waals surface area contributed by atoms with E-state index in [0.717, 1.165) is 48.2 Å². The molecule has 2 aromatic carbocycles. The molecule has 0 radical (unpaired) electrons. The van der Waals surface area contributed by atoms with Gasteiger partial charge in [0.15, 0.2) is 23.1 Å². The first kappa shape index (κ1) is 26.2. The van der Waals surface area contributed by atoms with Crippen LogP contribution in [0.5, 0.6) is 11.5 Å². The molecule has 7 nitrogen and oxygen atoms in total. The molecule has 1 aliphatic heterocycles. The first-order valence-electron chi connectivity index (χ1n) is 13.3. The van der Waals surface area contributed by atoms with E-state index in [4.69, 9.17) is 8.92 Å². The average Bonchev–Trinajstić information content (AvgIpc) is 2.89. The first-order chi connectivity index (χ1) is 18.2. The standard InChI is InChI=1S/C30H33NO6S/c1-4-31-22-8-6-10-24(32)29(22)28(30-23(31)9-7-11-25(30)33)20-14-17-26(27(18-20)36-5-2)37-38(34,35)21-15-12-19(3)13-16-21/h12-18,28H,4-11H2,1-3H3. The number of ether oxygens (including phenoxy) is 1. The van der Waals surface area contributed by atoms with Gasteiger partial charge >= 0.3 is 10.1 Å². The number of Topliss-reactive ketones (excluding diaryl/α,β-unsaturated/α-hetero) is 2. The van der Waals surface area contributed by atoms with Gasteiger partial charge in [0.25, 0.3) is 0 Å². The van der Waals surface area contributed by atoms with Crippen LogP contribution in [0.25, 0.3) is 0 Å². The van der Waals surface area contributed by atoms with E-state index in [0.29, 0.717) is 37.1 Å². The number of hydrogen-bond donors (Lipinski definition) is 0. The zero-order valence-electron chi connectivity index (χ0n) is 22.1. The van der Waals surface area contributed by atoms with Gasteiger partial charge in [-0.2, -0.15) is 8.42 Å².